The number of aromatic nitrogens is 2. The fraction of sp³-hybridized carbons (Fsp3) is 0.0667. The van der Waals surface area contributed by atoms with Gasteiger partial charge in [0.2, 0.25) is 5.89 Å². The maximum atomic E-state index is 13.1. The summed E-state index contributed by atoms with van der Waals surface area (Å²) in [6, 6.07) is 25.9. The molecule has 0 spiro atoms. The Hall–Kier alpha value is -5.02. The number of thiazole rings is 1. The SMILES string of the molecule is COc1ccc(-c2csc(NC(=O)COC(=O)c3cccc4cccc(-c5nc6ccccc6o5)c34)n2)cc1. The minimum atomic E-state index is -0.627. The molecule has 0 saturated carbocycles. The molecule has 1 amide bonds. The molecule has 6 rings (SSSR count). The van der Waals surface area contributed by atoms with E-state index in [1.165, 1.54) is 11.3 Å². The Morgan fingerprint density at radius 1 is 0.923 bits per heavy atom. The molecular formula is C30H21N3O5S. The number of oxazole rings is 1. The predicted octanol–water partition coefficient (Wildman–Crippen LogP) is 6.58. The molecule has 192 valence electrons. The van der Waals surface area contributed by atoms with Crippen LogP contribution in [0.4, 0.5) is 5.13 Å². The van der Waals surface area contributed by atoms with Crippen LogP contribution in [-0.2, 0) is 9.53 Å². The molecule has 0 bridgehead atoms. The van der Waals surface area contributed by atoms with Gasteiger partial charge in [-0.05, 0) is 53.9 Å². The van der Waals surface area contributed by atoms with Gasteiger partial charge in [0.15, 0.2) is 17.3 Å². The lowest BCUT2D eigenvalue weighted by molar-refractivity contribution is -0.119. The van der Waals surface area contributed by atoms with Crippen molar-refractivity contribution in [3.63, 3.8) is 0 Å². The topological polar surface area (TPSA) is 104 Å². The third kappa shape index (κ3) is 4.95. The molecule has 9 heteroatoms. The first-order valence-electron chi connectivity index (χ1n) is 12.0. The molecule has 8 nitrogen and oxygen atoms in total. The van der Waals surface area contributed by atoms with Gasteiger partial charge in [-0.15, -0.1) is 11.3 Å². The van der Waals surface area contributed by atoms with E-state index in [9.17, 15) is 9.59 Å². The summed E-state index contributed by atoms with van der Waals surface area (Å²) >= 11 is 1.28. The summed E-state index contributed by atoms with van der Waals surface area (Å²) in [5.41, 5.74) is 3.96. The fourth-order valence-electron chi connectivity index (χ4n) is 4.27. The summed E-state index contributed by atoms with van der Waals surface area (Å²) in [6.07, 6.45) is 0. The van der Waals surface area contributed by atoms with Crippen LogP contribution < -0.4 is 10.1 Å². The average molecular weight is 536 g/mol. The maximum Gasteiger partial charge on any atom is 0.339 e. The number of para-hydroxylation sites is 2. The van der Waals surface area contributed by atoms with E-state index in [1.807, 2.05) is 78.2 Å². The monoisotopic (exact) mass is 535 g/mol. The highest BCUT2D eigenvalue weighted by molar-refractivity contribution is 7.14. The molecule has 1 N–H and O–H groups in total. The Morgan fingerprint density at radius 2 is 1.72 bits per heavy atom. The maximum absolute atomic E-state index is 13.1. The van der Waals surface area contributed by atoms with Gasteiger partial charge in [0.1, 0.15) is 11.3 Å². The van der Waals surface area contributed by atoms with Crippen molar-refractivity contribution in [2.75, 3.05) is 19.0 Å². The Morgan fingerprint density at radius 3 is 2.51 bits per heavy atom. The van der Waals surface area contributed by atoms with Gasteiger partial charge >= 0.3 is 5.97 Å². The van der Waals surface area contributed by atoms with E-state index in [4.69, 9.17) is 13.9 Å². The van der Waals surface area contributed by atoms with Crippen LogP contribution >= 0.6 is 11.3 Å². The minimum Gasteiger partial charge on any atom is -0.497 e. The molecule has 0 aliphatic rings. The van der Waals surface area contributed by atoms with E-state index < -0.39 is 18.5 Å². The number of fused-ring (bicyclic) bond motifs is 2. The highest BCUT2D eigenvalue weighted by Crippen LogP contribution is 2.33. The molecule has 4 aromatic carbocycles. The van der Waals surface area contributed by atoms with Gasteiger partial charge in [-0.3, -0.25) is 10.1 Å². The molecule has 0 aliphatic heterocycles. The number of methoxy groups -OCH3 is 1. The van der Waals surface area contributed by atoms with E-state index >= 15 is 0 Å². The number of ether oxygens (including phenoxy) is 2. The second kappa shape index (κ2) is 10.4. The Kier molecular flexibility index (Phi) is 6.48. The number of amides is 1. The molecule has 2 aromatic heterocycles. The summed E-state index contributed by atoms with van der Waals surface area (Å²) in [7, 11) is 1.61. The zero-order valence-corrected chi connectivity index (χ0v) is 21.5. The first kappa shape index (κ1) is 24.3. The normalized spacial score (nSPS) is 11.0. The molecule has 0 aliphatic carbocycles. The third-order valence-electron chi connectivity index (χ3n) is 6.12. The van der Waals surface area contributed by atoms with Crippen LogP contribution in [0.2, 0.25) is 0 Å². The van der Waals surface area contributed by atoms with Crippen molar-refractivity contribution in [3.8, 4) is 28.5 Å². The zero-order chi connectivity index (χ0) is 26.8. The molecule has 39 heavy (non-hydrogen) atoms. The second-order valence-electron chi connectivity index (χ2n) is 8.59. The largest absolute Gasteiger partial charge is 0.497 e. The molecule has 6 aromatic rings. The van der Waals surface area contributed by atoms with Gasteiger partial charge in [-0.2, -0.15) is 0 Å². The molecular weight excluding hydrogens is 514 g/mol. The Labute approximate surface area is 226 Å². The standard InChI is InChI=1S/C30H21N3O5S/c1-36-20-14-12-18(13-15-20)24-17-39-30(32-24)33-26(34)16-37-29(35)22-9-5-7-19-6-4-8-21(27(19)22)28-31-23-10-2-3-11-25(23)38-28/h2-15,17H,16H2,1H3,(H,32,33,34). The first-order valence-corrected chi connectivity index (χ1v) is 12.9. The summed E-state index contributed by atoms with van der Waals surface area (Å²) in [5, 5.41) is 6.40. The molecule has 0 atom stereocenters. The van der Waals surface area contributed by atoms with Gasteiger partial charge in [0.05, 0.1) is 18.4 Å². The number of anilines is 1. The minimum absolute atomic E-state index is 0.314. The number of nitrogens with zero attached hydrogens (tertiary/aromatic N) is 2. The number of rotatable bonds is 7. The van der Waals surface area contributed by atoms with Crippen LogP contribution in [0.5, 0.6) is 5.75 Å². The van der Waals surface area contributed by atoms with Crippen molar-refractivity contribution >= 4 is 50.2 Å². The van der Waals surface area contributed by atoms with E-state index in [0.29, 0.717) is 33.1 Å². The smallest absolute Gasteiger partial charge is 0.339 e. The predicted molar refractivity (Wildman–Crippen MR) is 150 cm³/mol. The number of nitrogens with one attached hydrogen (secondary N) is 1. The molecule has 2 heterocycles. The molecule has 0 fully saturated rings. The molecule has 0 unspecified atom stereocenters. The number of benzene rings is 4. The summed E-state index contributed by atoms with van der Waals surface area (Å²) in [4.78, 5) is 34.7. The van der Waals surface area contributed by atoms with E-state index in [2.05, 4.69) is 15.3 Å². The van der Waals surface area contributed by atoms with Crippen LogP contribution in [0.3, 0.4) is 0 Å². The highest BCUT2D eigenvalue weighted by atomic mass is 32.1. The molecule has 0 radical (unpaired) electrons. The second-order valence-corrected chi connectivity index (χ2v) is 9.44. The van der Waals surface area contributed by atoms with Crippen molar-refractivity contribution < 1.29 is 23.5 Å². The number of carbonyl (C=O) groups excluding carboxylic acids is 2. The van der Waals surface area contributed by atoms with Crippen LogP contribution in [-0.4, -0.2) is 35.6 Å². The number of carbonyl (C=O) groups is 2. The number of esters is 1. The highest BCUT2D eigenvalue weighted by Gasteiger charge is 2.19. The van der Waals surface area contributed by atoms with Crippen molar-refractivity contribution in [1.29, 1.82) is 0 Å². The first-order chi connectivity index (χ1) is 19.1. The van der Waals surface area contributed by atoms with E-state index in [1.54, 1.807) is 19.2 Å². The lowest BCUT2D eigenvalue weighted by atomic mass is 9.99. The Balaban J connectivity index is 1.18. The van der Waals surface area contributed by atoms with Crippen LogP contribution in [0, 0.1) is 0 Å². The van der Waals surface area contributed by atoms with Crippen LogP contribution in [0.1, 0.15) is 10.4 Å². The van der Waals surface area contributed by atoms with E-state index in [0.717, 1.165) is 27.9 Å². The Bertz CT molecular complexity index is 1790. The van der Waals surface area contributed by atoms with Gasteiger partial charge in [0.25, 0.3) is 5.91 Å². The van der Waals surface area contributed by atoms with Crippen molar-refractivity contribution in [2.24, 2.45) is 0 Å². The van der Waals surface area contributed by atoms with Gasteiger partial charge in [0, 0.05) is 21.9 Å². The van der Waals surface area contributed by atoms with Crippen molar-refractivity contribution in [2.45, 2.75) is 0 Å². The van der Waals surface area contributed by atoms with E-state index in [-0.39, 0.29) is 0 Å². The number of hydrogen-bond donors (Lipinski definition) is 1. The molecule has 0 saturated heterocycles. The third-order valence-corrected chi connectivity index (χ3v) is 6.88. The summed E-state index contributed by atoms with van der Waals surface area (Å²) in [5.74, 6) is 0.0310. The van der Waals surface area contributed by atoms with Gasteiger partial charge < -0.3 is 13.9 Å². The van der Waals surface area contributed by atoms with Gasteiger partial charge in [-0.1, -0.05) is 36.4 Å². The average Bonchev–Trinajstić information content (AvgIpc) is 3.62. The number of hydrogen-bond acceptors (Lipinski definition) is 8. The lowest BCUT2D eigenvalue weighted by Crippen LogP contribution is -2.21. The van der Waals surface area contributed by atoms with Crippen LogP contribution in [0.15, 0.2) is 94.7 Å². The quantitative estimate of drug-likeness (QED) is 0.230. The fourth-order valence-corrected chi connectivity index (χ4v) is 5.00. The van der Waals surface area contributed by atoms with Crippen molar-refractivity contribution in [1.82, 2.24) is 9.97 Å². The summed E-state index contributed by atoms with van der Waals surface area (Å²) < 4.78 is 16.5. The zero-order valence-electron chi connectivity index (χ0n) is 20.7. The lowest BCUT2D eigenvalue weighted by Gasteiger charge is -2.10. The summed E-state index contributed by atoms with van der Waals surface area (Å²) in [6.45, 7) is -0.461. The van der Waals surface area contributed by atoms with Crippen molar-refractivity contribution in [3.05, 3.63) is 95.9 Å². The van der Waals surface area contributed by atoms with Crippen LogP contribution in [0.25, 0.3) is 44.6 Å². The van der Waals surface area contributed by atoms with Gasteiger partial charge in [-0.25, -0.2) is 14.8 Å².